The molecule has 1 aromatic carbocycles. The Hall–Kier alpha value is -2.37. The second-order valence-electron chi connectivity index (χ2n) is 4.91. The van der Waals surface area contributed by atoms with E-state index in [1.54, 1.807) is 4.52 Å². The van der Waals surface area contributed by atoms with Crippen molar-refractivity contribution in [1.82, 2.24) is 14.6 Å². The van der Waals surface area contributed by atoms with Crippen molar-refractivity contribution in [1.29, 1.82) is 0 Å². The summed E-state index contributed by atoms with van der Waals surface area (Å²) in [6, 6.07) is 8.87. The number of halogens is 3. The van der Waals surface area contributed by atoms with E-state index < -0.39 is 11.7 Å². The highest BCUT2D eigenvalue weighted by Gasteiger charge is 2.29. The van der Waals surface area contributed by atoms with Gasteiger partial charge in [0.05, 0.1) is 5.56 Å². The summed E-state index contributed by atoms with van der Waals surface area (Å²) in [6.07, 6.45) is -2.05. The van der Waals surface area contributed by atoms with Crippen LogP contribution in [0.5, 0.6) is 0 Å². The maximum absolute atomic E-state index is 12.5. The third-order valence-electron chi connectivity index (χ3n) is 3.17. The number of pyridine rings is 1. The highest BCUT2D eigenvalue weighted by Crippen LogP contribution is 2.29. The first-order valence-corrected chi connectivity index (χ1v) is 6.40. The van der Waals surface area contributed by atoms with Gasteiger partial charge in [-0.2, -0.15) is 18.3 Å². The van der Waals surface area contributed by atoms with Crippen molar-refractivity contribution in [2.24, 2.45) is 0 Å². The van der Waals surface area contributed by atoms with Gasteiger partial charge < -0.3 is 0 Å². The molecular formula is C15H12F3N3. The zero-order chi connectivity index (χ0) is 15.0. The summed E-state index contributed by atoms with van der Waals surface area (Å²) < 4.78 is 39.2. The van der Waals surface area contributed by atoms with Gasteiger partial charge in [0.1, 0.15) is 0 Å². The Kier molecular flexibility index (Phi) is 3.16. The molecule has 0 N–H and O–H groups in total. The molecule has 0 fully saturated rings. The van der Waals surface area contributed by atoms with Crippen molar-refractivity contribution in [3.63, 3.8) is 0 Å². The molecule has 21 heavy (non-hydrogen) atoms. The van der Waals surface area contributed by atoms with Crippen molar-refractivity contribution in [3.8, 4) is 0 Å². The summed E-state index contributed by atoms with van der Waals surface area (Å²) >= 11 is 0. The first kappa shape index (κ1) is 13.6. The summed E-state index contributed by atoms with van der Waals surface area (Å²) in [4.78, 5) is 4.35. The molecular weight excluding hydrogens is 279 g/mol. The molecule has 0 bridgehead atoms. The van der Waals surface area contributed by atoms with E-state index in [1.807, 2.05) is 25.3 Å². The smallest absolute Gasteiger partial charge is 0.221 e. The lowest BCUT2D eigenvalue weighted by Crippen LogP contribution is -2.04. The van der Waals surface area contributed by atoms with Crippen LogP contribution in [0.3, 0.4) is 0 Å². The monoisotopic (exact) mass is 291 g/mol. The standard InChI is InChI=1S/C15H12F3N3/c1-10-2-7-14-19-13(20-21(14)9-10)8-11-3-5-12(6-4-11)15(16,17)18/h2-7,9H,8H2,1H3. The molecule has 0 unspecified atom stereocenters. The van der Waals surface area contributed by atoms with Crippen molar-refractivity contribution in [2.75, 3.05) is 0 Å². The summed E-state index contributed by atoms with van der Waals surface area (Å²) in [7, 11) is 0. The minimum atomic E-state index is -4.31. The maximum Gasteiger partial charge on any atom is 0.416 e. The first-order valence-electron chi connectivity index (χ1n) is 6.40. The average Bonchev–Trinajstić information content (AvgIpc) is 2.79. The van der Waals surface area contributed by atoms with E-state index in [-0.39, 0.29) is 0 Å². The summed E-state index contributed by atoms with van der Waals surface area (Å²) in [5, 5.41) is 4.32. The van der Waals surface area contributed by atoms with Gasteiger partial charge in [-0.15, -0.1) is 0 Å². The molecule has 3 aromatic rings. The zero-order valence-corrected chi connectivity index (χ0v) is 11.2. The van der Waals surface area contributed by atoms with Crippen molar-refractivity contribution < 1.29 is 13.2 Å². The number of hydrogen-bond donors (Lipinski definition) is 0. The van der Waals surface area contributed by atoms with Gasteiger partial charge in [-0.25, -0.2) is 9.50 Å². The molecule has 3 nitrogen and oxygen atoms in total. The van der Waals surface area contributed by atoms with Crippen LogP contribution in [0.25, 0.3) is 5.65 Å². The molecule has 0 saturated carbocycles. The molecule has 0 aliphatic heterocycles. The first-order chi connectivity index (χ1) is 9.91. The topological polar surface area (TPSA) is 30.2 Å². The summed E-state index contributed by atoms with van der Waals surface area (Å²) in [5.74, 6) is 0.584. The summed E-state index contributed by atoms with van der Waals surface area (Å²) in [5.41, 5.74) is 1.89. The van der Waals surface area contributed by atoms with Crippen LogP contribution in [0, 0.1) is 6.92 Å². The second kappa shape index (κ2) is 4.87. The van der Waals surface area contributed by atoms with E-state index in [9.17, 15) is 13.2 Å². The second-order valence-corrected chi connectivity index (χ2v) is 4.91. The van der Waals surface area contributed by atoms with E-state index in [1.165, 1.54) is 12.1 Å². The molecule has 0 aliphatic carbocycles. The Bertz CT molecular complexity index is 773. The molecule has 3 rings (SSSR count). The number of alkyl halides is 3. The summed E-state index contributed by atoms with van der Waals surface area (Å²) in [6.45, 7) is 1.96. The van der Waals surface area contributed by atoms with Crippen LogP contribution < -0.4 is 0 Å². The Morgan fingerprint density at radius 2 is 1.76 bits per heavy atom. The number of aryl methyl sites for hydroxylation is 1. The molecule has 6 heteroatoms. The van der Waals surface area contributed by atoms with Crippen molar-refractivity contribution in [2.45, 2.75) is 19.5 Å². The van der Waals surface area contributed by atoms with Gasteiger partial charge >= 0.3 is 6.18 Å². The predicted molar refractivity (Wildman–Crippen MR) is 72.0 cm³/mol. The molecule has 0 radical (unpaired) electrons. The number of hydrogen-bond acceptors (Lipinski definition) is 2. The van der Waals surface area contributed by atoms with Crippen LogP contribution in [-0.2, 0) is 12.6 Å². The Morgan fingerprint density at radius 3 is 2.43 bits per heavy atom. The highest BCUT2D eigenvalue weighted by atomic mass is 19.4. The van der Waals surface area contributed by atoms with Gasteiger partial charge in [0.2, 0.25) is 0 Å². The molecule has 2 heterocycles. The lowest BCUT2D eigenvalue weighted by molar-refractivity contribution is -0.137. The van der Waals surface area contributed by atoms with Gasteiger partial charge in [-0.05, 0) is 36.2 Å². The van der Waals surface area contributed by atoms with Gasteiger partial charge in [0, 0.05) is 12.6 Å². The largest absolute Gasteiger partial charge is 0.416 e. The van der Waals surface area contributed by atoms with E-state index in [2.05, 4.69) is 10.1 Å². The molecule has 0 atom stereocenters. The third kappa shape index (κ3) is 2.89. The van der Waals surface area contributed by atoms with Gasteiger partial charge in [0.25, 0.3) is 0 Å². The molecule has 0 spiro atoms. The van der Waals surface area contributed by atoms with E-state index in [4.69, 9.17) is 0 Å². The minimum absolute atomic E-state index is 0.402. The van der Waals surface area contributed by atoms with Gasteiger partial charge in [0.15, 0.2) is 11.5 Å². The van der Waals surface area contributed by atoms with Crippen LogP contribution >= 0.6 is 0 Å². The van der Waals surface area contributed by atoms with Crippen LogP contribution in [0.15, 0.2) is 42.6 Å². The highest BCUT2D eigenvalue weighted by molar-refractivity contribution is 5.39. The van der Waals surface area contributed by atoms with Crippen LogP contribution in [0.1, 0.15) is 22.5 Å². The fourth-order valence-electron chi connectivity index (χ4n) is 2.10. The van der Waals surface area contributed by atoms with E-state index >= 15 is 0 Å². The van der Waals surface area contributed by atoms with Gasteiger partial charge in [-0.3, -0.25) is 0 Å². The average molecular weight is 291 g/mol. The fourth-order valence-corrected chi connectivity index (χ4v) is 2.10. The van der Waals surface area contributed by atoms with E-state index in [0.29, 0.717) is 12.2 Å². The van der Waals surface area contributed by atoms with Crippen LogP contribution in [0.2, 0.25) is 0 Å². The molecule has 0 saturated heterocycles. The van der Waals surface area contributed by atoms with Crippen molar-refractivity contribution in [3.05, 3.63) is 65.1 Å². The third-order valence-corrected chi connectivity index (χ3v) is 3.17. The van der Waals surface area contributed by atoms with E-state index in [0.717, 1.165) is 28.9 Å². The number of benzene rings is 1. The molecule has 108 valence electrons. The molecule has 0 amide bonds. The Balaban J connectivity index is 1.84. The number of nitrogens with zero attached hydrogens (tertiary/aromatic N) is 3. The number of fused-ring (bicyclic) bond motifs is 1. The minimum Gasteiger partial charge on any atom is -0.221 e. The van der Waals surface area contributed by atoms with Gasteiger partial charge in [-0.1, -0.05) is 18.2 Å². The fraction of sp³-hybridized carbons (Fsp3) is 0.200. The lowest BCUT2D eigenvalue weighted by Gasteiger charge is -2.06. The zero-order valence-electron chi connectivity index (χ0n) is 11.2. The lowest BCUT2D eigenvalue weighted by atomic mass is 10.1. The van der Waals surface area contributed by atoms with Crippen molar-refractivity contribution >= 4 is 5.65 Å². The molecule has 2 aromatic heterocycles. The normalized spacial score (nSPS) is 12.0. The Morgan fingerprint density at radius 1 is 1.05 bits per heavy atom. The molecule has 0 aliphatic rings. The maximum atomic E-state index is 12.5. The SMILES string of the molecule is Cc1ccc2nc(Cc3ccc(C(F)(F)F)cc3)nn2c1. The predicted octanol–water partition coefficient (Wildman–Crippen LogP) is 3.65. The quantitative estimate of drug-likeness (QED) is 0.721. The number of rotatable bonds is 2. The van der Waals surface area contributed by atoms with Crippen LogP contribution in [0.4, 0.5) is 13.2 Å². The Labute approximate surface area is 119 Å². The van der Waals surface area contributed by atoms with Crippen LogP contribution in [-0.4, -0.2) is 14.6 Å². The number of aromatic nitrogens is 3.